The standard InChI is InChI=1S/C18H20N6O2S.C17H20N8O2S.C17H21N7O3S.C16H14N6O2S.C15H16N6O3S/c1-27(25,26)15-8-4-7-14(17(15)18-21-23-24-22-18)13-10-19-16(20-11-13)9-12-5-2-3-6-12;1-24-6-8-25(9-7-24)17-18-10-12(11-19-17)13-4-3-5-14(28(2,26)27)15(13)16-20-22-23-21-16;1-28(25,26)15-4-2-3-14(16(15)17-19-21-22-20-17)13-11-18-24(12-13)6-5-23-7-9-27-10-8-23;1-22-9-11-8-10(6-7-13(11)19-22)12-4-3-5-14(25(2,23)24)15(12)16-17-20-21-18-16;1-25(23,24)12-5-2-4-11(14(12)15-18-20-21-19-15)10-8-16-13(17-9-10)6-3-7-22/h4,7-8,10-12H,2-3,5-6,9H2,1H3,(H,21,22,23,24);3-5,10-11H,6-9H2,1-2H3,(H,20,21,22,23);2-4,11-12H,5-10H2,1H3,(H,19,20,21,22);3-9H,1-2H3,(H,17,18,20,21);2,4-5,8-9,22H,3,6-7H2,1H3,(H,18,19,20,21). The summed E-state index contributed by atoms with van der Waals surface area (Å²) in [5, 5.41) is 88.0. The minimum atomic E-state index is -3.50. The number of benzene rings is 6. The number of hydrogen-bond donors (Lipinski definition) is 6. The van der Waals surface area contributed by atoms with E-state index in [4.69, 9.17) is 9.84 Å². The Kier molecular flexibility index (Phi) is 29.0. The Labute approximate surface area is 762 Å². The van der Waals surface area contributed by atoms with E-state index < -0.39 is 49.2 Å². The summed E-state index contributed by atoms with van der Waals surface area (Å²) in [6.07, 6.45) is 28.5. The number of aromatic nitrogens is 30. The van der Waals surface area contributed by atoms with Crippen LogP contribution in [-0.2, 0) is 80.4 Å². The molecule has 16 aromatic rings. The van der Waals surface area contributed by atoms with E-state index in [1.807, 2.05) is 60.5 Å². The number of morpholine rings is 1. The minimum Gasteiger partial charge on any atom is -0.396 e. The number of aromatic amines is 5. The topological polar surface area (TPSA) is 595 Å². The highest BCUT2D eigenvalue weighted by Gasteiger charge is 2.30. The molecule has 2 saturated heterocycles. The lowest BCUT2D eigenvalue weighted by Gasteiger charge is -2.32. The van der Waals surface area contributed by atoms with Crippen LogP contribution in [-0.4, -0.2) is 314 Å². The van der Waals surface area contributed by atoms with Crippen LogP contribution in [0.25, 0.3) is 123 Å². The monoisotopic (exact) mass is 1900 g/mol. The van der Waals surface area contributed by atoms with Crippen molar-refractivity contribution in [3.8, 4) is 113 Å². The smallest absolute Gasteiger partial charge is 0.225 e. The van der Waals surface area contributed by atoms with Gasteiger partial charge in [0.2, 0.25) is 35.1 Å². The fourth-order valence-electron chi connectivity index (χ4n) is 15.5. The second-order valence-corrected chi connectivity index (χ2v) is 41.4. The van der Waals surface area contributed by atoms with Crippen molar-refractivity contribution in [2.24, 2.45) is 13.0 Å². The van der Waals surface area contributed by atoms with Crippen molar-refractivity contribution in [2.75, 3.05) is 109 Å². The molecule has 1 aliphatic carbocycles. The Morgan fingerprint density at radius 2 is 0.789 bits per heavy atom. The fraction of sp³-hybridized carbons (Fsp3) is 0.313. The average molecular weight is 1900 g/mol. The van der Waals surface area contributed by atoms with Gasteiger partial charge in [0.15, 0.2) is 49.2 Å². The predicted molar refractivity (Wildman–Crippen MR) is 486 cm³/mol. The molecule has 3 fully saturated rings. The maximum atomic E-state index is 12.3. The summed E-state index contributed by atoms with van der Waals surface area (Å²) < 4.78 is 131. The van der Waals surface area contributed by atoms with Crippen molar-refractivity contribution in [2.45, 2.75) is 76.0 Å². The van der Waals surface area contributed by atoms with Crippen molar-refractivity contribution in [1.82, 2.24) is 162 Å². The average Bonchev–Trinajstić information content (AvgIpc) is 1.78. The molecule has 12 heterocycles. The number of hydrogen-bond acceptors (Lipinski definition) is 38. The van der Waals surface area contributed by atoms with Crippen LogP contribution in [0.4, 0.5) is 5.95 Å². The third-order valence-electron chi connectivity index (χ3n) is 21.9. The first-order valence-corrected chi connectivity index (χ1v) is 51.0. The number of piperazine rings is 1. The summed E-state index contributed by atoms with van der Waals surface area (Å²) in [7, 11) is -13.5. The SMILES string of the molecule is CN1CCN(c2ncc(-c3cccc(S(C)(=O)=O)c3-c3nn[nH]n3)cn2)CC1.CS(=O)(=O)c1cccc(-c2cnc(CC3CCCC3)nc2)c1-c1nn[nH]n1.CS(=O)(=O)c1cccc(-c2cnc(CCCO)nc2)c1-c1nn[nH]n1.CS(=O)(=O)c1cccc(-c2cnn(CCN3CCOCC3)c2)c1-c1nn[nH]n1.Cn1cc2cc(-c3cccc(S(C)(=O)=O)c3-c3nn[nH]n3)ccc2n1. The number of anilines is 1. The van der Waals surface area contributed by atoms with Crippen LogP contribution < -0.4 is 4.90 Å². The lowest BCUT2D eigenvalue weighted by molar-refractivity contribution is 0.0360. The molecular weight excluding hydrogens is 1810 g/mol. The molecule has 6 N–H and O–H groups in total. The van der Waals surface area contributed by atoms with Crippen LogP contribution in [0.3, 0.4) is 0 Å². The molecule has 45 nitrogen and oxygen atoms in total. The Morgan fingerprint density at radius 3 is 1.17 bits per heavy atom. The summed E-state index contributed by atoms with van der Waals surface area (Å²) in [6, 6.07) is 30.9. The Bertz CT molecular complexity index is 7270. The van der Waals surface area contributed by atoms with Gasteiger partial charge in [-0.3, -0.25) is 14.3 Å². The number of rotatable bonds is 24. The van der Waals surface area contributed by atoms with Crippen molar-refractivity contribution in [1.29, 1.82) is 0 Å². The first kappa shape index (κ1) is 93.7. The van der Waals surface area contributed by atoms with E-state index in [1.54, 1.807) is 109 Å². The number of H-pyrrole nitrogens is 5. The summed E-state index contributed by atoms with van der Waals surface area (Å²) in [5.41, 5.74) is 9.85. The van der Waals surface area contributed by atoms with Crippen LogP contribution in [0.1, 0.15) is 43.8 Å². The number of aliphatic hydroxyl groups excluding tert-OH is 1. The van der Waals surface area contributed by atoms with E-state index in [2.05, 4.69) is 165 Å². The van der Waals surface area contributed by atoms with E-state index in [0.717, 1.165) is 130 Å². The van der Waals surface area contributed by atoms with Gasteiger partial charge in [-0.2, -0.15) is 36.3 Å². The van der Waals surface area contributed by atoms with Gasteiger partial charge in [0.1, 0.15) is 11.6 Å². The van der Waals surface area contributed by atoms with E-state index in [9.17, 15) is 42.1 Å². The van der Waals surface area contributed by atoms with E-state index >= 15 is 0 Å². The molecule has 0 amide bonds. The molecule has 50 heteroatoms. The highest BCUT2D eigenvalue weighted by Crippen LogP contribution is 2.42. The summed E-state index contributed by atoms with van der Waals surface area (Å²) >= 11 is 0. The van der Waals surface area contributed by atoms with Crippen molar-refractivity contribution in [3.05, 3.63) is 177 Å². The lowest BCUT2D eigenvalue weighted by Crippen LogP contribution is -2.45. The van der Waals surface area contributed by atoms with E-state index in [0.29, 0.717) is 91.7 Å². The molecule has 0 radical (unpaired) electrons. The Balaban J connectivity index is 0.000000127. The summed E-state index contributed by atoms with van der Waals surface area (Å²) in [4.78, 5) is 34.0. The van der Waals surface area contributed by atoms with Gasteiger partial charge in [0, 0.05) is 209 Å². The summed E-state index contributed by atoms with van der Waals surface area (Å²) in [5.74, 6) is 3.85. The van der Waals surface area contributed by atoms with Gasteiger partial charge in [-0.1, -0.05) is 92.4 Å². The number of aliphatic hydroxyl groups is 1. The zero-order valence-corrected chi connectivity index (χ0v) is 77.0. The second-order valence-electron chi connectivity index (χ2n) is 31.5. The maximum absolute atomic E-state index is 12.3. The summed E-state index contributed by atoms with van der Waals surface area (Å²) in [6.45, 7) is 8.72. The van der Waals surface area contributed by atoms with Gasteiger partial charge < -0.3 is 19.6 Å². The maximum Gasteiger partial charge on any atom is 0.225 e. The fourth-order valence-corrected chi connectivity index (χ4v) is 20.0. The minimum absolute atomic E-state index is 0.0729. The molecular formula is C83H91N33O12S5. The molecule has 6 aromatic carbocycles. The third kappa shape index (κ3) is 22.9. The molecule has 3 aliphatic rings. The number of ether oxygens (including phenoxy) is 1. The molecule has 10 aromatic heterocycles. The zero-order chi connectivity index (χ0) is 93.6. The number of tetrazole rings is 5. The molecule has 0 unspecified atom stereocenters. The second kappa shape index (κ2) is 41.2. The molecule has 2 aliphatic heterocycles. The molecule has 133 heavy (non-hydrogen) atoms. The molecule has 690 valence electrons. The van der Waals surface area contributed by atoms with Gasteiger partial charge >= 0.3 is 0 Å². The number of fused-ring (bicyclic) bond motifs is 1. The highest BCUT2D eigenvalue weighted by atomic mass is 32.2. The van der Waals surface area contributed by atoms with Crippen molar-refractivity contribution in [3.63, 3.8) is 0 Å². The zero-order valence-electron chi connectivity index (χ0n) is 72.9. The van der Waals surface area contributed by atoms with Gasteiger partial charge in [0.25, 0.3) is 0 Å². The van der Waals surface area contributed by atoms with E-state index in [1.165, 1.54) is 50.3 Å². The van der Waals surface area contributed by atoms with Gasteiger partial charge in [-0.05, 0) is 121 Å². The number of nitrogens with one attached hydrogen (secondary N) is 5. The van der Waals surface area contributed by atoms with Crippen LogP contribution in [0.2, 0.25) is 0 Å². The van der Waals surface area contributed by atoms with Gasteiger partial charge in [0.05, 0.1) is 55.9 Å². The Hall–Kier alpha value is -14.0. The molecule has 19 rings (SSSR count). The van der Waals surface area contributed by atoms with Crippen LogP contribution >= 0.6 is 0 Å². The largest absolute Gasteiger partial charge is 0.396 e. The molecule has 0 atom stereocenters. The molecule has 0 bridgehead atoms. The lowest BCUT2D eigenvalue weighted by atomic mass is 9.98. The van der Waals surface area contributed by atoms with Crippen LogP contribution in [0.5, 0.6) is 0 Å². The van der Waals surface area contributed by atoms with Crippen LogP contribution in [0, 0.1) is 5.92 Å². The number of likely N-dealkylation sites (N-methyl/N-ethyl adjacent to an activating group) is 1. The third-order valence-corrected chi connectivity index (χ3v) is 27.6. The molecule has 1 saturated carbocycles. The van der Waals surface area contributed by atoms with Gasteiger partial charge in [-0.15, -0.1) is 51.0 Å². The normalized spacial score (nSPS) is 14.2. The number of nitrogens with zero attached hydrogens (tertiary/aromatic N) is 28. The number of sulfone groups is 5. The Morgan fingerprint density at radius 1 is 0.414 bits per heavy atom. The molecule has 0 spiro atoms. The van der Waals surface area contributed by atoms with Crippen LogP contribution in [0.15, 0.2) is 189 Å². The number of aryl methyl sites for hydroxylation is 2. The van der Waals surface area contributed by atoms with E-state index in [-0.39, 0.29) is 60.2 Å². The highest BCUT2D eigenvalue weighted by molar-refractivity contribution is 7.92. The van der Waals surface area contributed by atoms with Gasteiger partial charge in [-0.25, -0.2) is 72.0 Å². The first-order valence-electron chi connectivity index (χ1n) is 41.5. The first-order chi connectivity index (χ1) is 63.9. The van der Waals surface area contributed by atoms with Crippen molar-refractivity contribution < 1.29 is 51.9 Å². The quantitative estimate of drug-likeness (QED) is 0.0411. The predicted octanol–water partition coefficient (Wildman–Crippen LogP) is 5.88. The van der Waals surface area contributed by atoms with Crippen molar-refractivity contribution >= 4 is 66.0 Å².